The second-order valence-corrected chi connectivity index (χ2v) is 9.01. The summed E-state index contributed by atoms with van der Waals surface area (Å²) in [6.45, 7) is 6.18. The number of para-hydroxylation sites is 1. The van der Waals surface area contributed by atoms with E-state index in [0.29, 0.717) is 17.0 Å². The van der Waals surface area contributed by atoms with Crippen molar-refractivity contribution in [3.63, 3.8) is 0 Å². The van der Waals surface area contributed by atoms with E-state index in [-0.39, 0.29) is 12.2 Å². The van der Waals surface area contributed by atoms with Crippen LogP contribution in [0.15, 0.2) is 65.2 Å². The third kappa shape index (κ3) is 2.94. The summed E-state index contributed by atoms with van der Waals surface area (Å²) in [5.74, 6) is -0.127. The van der Waals surface area contributed by atoms with Gasteiger partial charge in [-0.2, -0.15) is 5.26 Å². The van der Waals surface area contributed by atoms with Gasteiger partial charge in [0.05, 0.1) is 18.2 Å². The molecule has 0 fully saturated rings. The van der Waals surface area contributed by atoms with Gasteiger partial charge in [0.15, 0.2) is 5.75 Å². The normalized spacial score (nSPS) is 20.0. The summed E-state index contributed by atoms with van der Waals surface area (Å²) in [4.78, 5) is 19.4. The Hall–Kier alpha value is -4.11. The molecule has 3 aromatic rings. The van der Waals surface area contributed by atoms with Crippen molar-refractivity contribution in [3.8, 4) is 11.8 Å². The van der Waals surface area contributed by atoms with Gasteiger partial charge in [0, 0.05) is 23.7 Å². The first-order valence-electron chi connectivity index (χ1n) is 11.3. The number of nitriles is 1. The molecule has 0 amide bonds. The highest BCUT2D eigenvalue weighted by Crippen LogP contribution is 2.55. The molecule has 1 atom stereocenters. The number of carbonyl (C=O) groups is 1. The molecular weight excluding hydrogens is 426 g/mol. The molecule has 34 heavy (non-hydrogen) atoms. The number of benzene rings is 3. The maximum atomic E-state index is 12.4. The number of aliphatic imine (C=N–C) groups is 1. The van der Waals surface area contributed by atoms with E-state index in [1.165, 1.54) is 6.08 Å². The molecule has 0 saturated carbocycles. The molecule has 0 N–H and O–H groups in total. The Kier molecular flexibility index (Phi) is 4.94. The third-order valence-corrected chi connectivity index (χ3v) is 6.88. The third-order valence-electron chi connectivity index (χ3n) is 6.88. The van der Waals surface area contributed by atoms with Crippen molar-refractivity contribution in [1.82, 2.24) is 0 Å². The van der Waals surface area contributed by atoms with Crippen molar-refractivity contribution in [3.05, 3.63) is 71.3 Å². The lowest BCUT2D eigenvalue weighted by molar-refractivity contribution is -0.137. The Balaban J connectivity index is 1.74. The van der Waals surface area contributed by atoms with Gasteiger partial charge < -0.3 is 14.4 Å². The minimum Gasteiger partial charge on any atom is -0.462 e. The molecule has 170 valence electrons. The highest BCUT2D eigenvalue weighted by atomic mass is 16.5. The van der Waals surface area contributed by atoms with Gasteiger partial charge in [-0.25, -0.2) is 4.79 Å². The van der Waals surface area contributed by atoms with Gasteiger partial charge in [0.2, 0.25) is 5.72 Å². The van der Waals surface area contributed by atoms with Gasteiger partial charge in [-0.1, -0.05) is 42.5 Å². The largest absolute Gasteiger partial charge is 0.462 e. The topological polar surface area (TPSA) is 74.9 Å². The summed E-state index contributed by atoms with van der Waals surface area (Å²) < 4.78 is 12.0. The van der Waals surface area contributed by atoms with Gasteiger partial charge >= 0.3 is 5.97 Å². The lowest BCUT2D eigenvalue weighted by Crippen LogP contribution is -2.61. The summed E-state index contributed by atoms with van der Waals surface area (Å²) >= 11 is 0. The molecule has 0 bridgehead atoms. The van der Waals surface area contributed by atoms with Crippen molar-refractivity contribution in [2.75, 3.05) is 18.6 Å². The number of rotatable bonds is 3. The van der Waals surface area contributed by atoms with Crippen LogP contribution >= 0.6 is 0 Å². The number of carbonyl (C=O) groups excluding carboxylic acids is 1. The van der Waals surface area contributed by atoms with Gasteiger partial charge in [-0.05, 0) is 49.9 Å². The molecule has 2 aliphatic heterocycles. The smallest absolute Gasteiger partial charge is 0.348 e. The van der Waals surface area contributed by atoms with Crippen LogP contribution in [0, 0.1) is 11.3 Å². The van der Waals surface area contributed by atoms with Crippen molar-refractivity contribution in [1.29, 1.82) is 5.26 Å². The molecule has 1 unspecified atom stereocenters. The number of likely N-dealkylation sites (N-methyl/N-ethyl adjacent to an activating group) is 1. The van der Waals surface area contributed by atoms with Crippen LogP contribution in [0.4, 0.5) is 11.4 Å². The van der Waals surface area contributed by atoms with E-state index >= 15 is 0 Å². The van der Waals surface area contributed by atoms with E-state index in [4.69, 9.17) is 14.5 Å². The average molecular weight is 452 g/mol. The molecule has 0 aromatic heterocycles. The molecule has 2 aliphatic rings. The van der Waals surface area contributed by atoms with Crippen molar-refractivity contribution in [2.24, 2.45) is 4.99 Å². The van der Waals surface area contributed by atoms with Crippen molar-refractivity contribution >= 4 is 40.4 Å². The van der Waals surface area contributed by atoms with E-state index in [0.717, 1.165) is 22.0 Å². The monoisotopic (exact) mass is 451 g/mol. The molecule has 0 saturated heterocycles. The van der Waals surface area contributed by atoms with Crippen LogP contribution < -0.4 is 9.64 Å². The second-order valence-electron chi connectivity index (χ2n) is 9.01. The summed E-state index contributed by atoms with van der Waals surface area (Å²) in [6.07, 6.45) is 3.42. The number of anilines is 1. The molecule has 0 radical (unpaired) electrons. The zero-order valence-electron chi connectivity index (χ0n) is 19.6. The number of ether oxygens (including phenoxy) is 2. The maximum Gasteiger partial charge on any atom is 0.348 e. The maximum absolute atomic E-state index is 12.4. The molecule has 6 heteroatoms. The predicted molar refractivity (Wildman–Crippen MR) is 134 cm³/mol. The Morgan fingerprint density at radius 3 is 2.68 bits per heavy atom. The van der Waals surface area contributed by atoms with Gasteiger partial charge in [0.1, 0.15) is 17.3 Å². The molecular formula is C28H25N3O3. The van der Waals surface area contributed by atoms with Crippen molar-refractivity contribution < 1.29 is 14.3 Å². The number of esters is 1. The fraction of sp³-hybridized carbons (Fsp3) is 0.250. The lowest BCUT2D eigenvalue weighted by atomic mass is 9.77. The van der Waals surface area contributed by atoms with Crippen LogP contribution in [-0.4, -0.2) is 31.6 Å². The zero-order chi connectivity index (χ0) is 24.1. The van der Waals surface area contributed by atoms with E-state index < -0.39 is 17.1 Å². The fourth-order valence-electron chi connectivity index (χ4n) is 5.04. The van der Waals surface area contributed by atoms with E-state index in [9.17, 15) is 10.1 Å². The predicted octanol–water partition coefficient (Wildman–Crippen LogP) is 5.53. The van der Waals surface area contributed by atoms with Crippen LogP contribution in [0.3, 0.4) is 0 Å². The molecule has 5 rings (SSSR count). The summed E-state index contributed by atoms with van der Waals surface area (Å²) in [7, 11) is 2.00. The highest BCUT2D eigenvalue weighted by molar-refractivity contribution is 6.04. The van der Waals surface area contributed by atoms with Gasteiger partial charge in [0.25, 0.3) is 0 Å². The van der Waals surface area contributed by atoms with Crippen LogP contribution in [0.1, 0.15) is 31.9 Å². The number of hydrogen-bond acceptors (Lipinski definition) is 6. The van der Waals surface area contributed by atoms with Gasteiger partial charge in [-0.3, -0.25) is 4.99 Å². The van der Waals surface area contributed by atoms with E-state index in [1.54, 1.807) is 6.92 Å². The Morgan fingerprint density at radius 1 is 1.21 bits per heavy atom. The van der Waals surface area contributed by atoms with E-state index in [1.807, 2.05) is 61.8 Å². The van der Waals surface area contributed by atoms with E-state index in [2.05, 4.69) is 30.9 Å². The first-order chi connectivity index (χ1) is 16.3. The number of fused-ring (bicyclic) bond motifs is 4. The fourth-order valence-corrected chi connectivity index (χ4v) is 5.04. The Labute approximate surface area is 198 Å². The first kappa shape index (κ1) is 21.7. The minimum atomic E-state index is -0.883. The molecule has 3 aromatic carbocycles. The molecule has 2 heterocycles. The number of nitrogens with zero attached hydrogens (tertiary/aromatic N) is 3. The Morgan fingerprint density at radius 2 is 1.94 bits per heavy atom. The summed E-state index contributed by atoms with van der Waals surface area (Å²) in [6, 6.07) is 20.0. The van der Waals surface area contributed by atoms with Crippen LogP contribution in [0.2, 0.25) is 0 Å². The average Bonchev–Trinajstić information content (AvgIpc) is 3.01. The first-order valence-corrected chi connectivity index (χ1v) is 11.3. The summed E-state index contributed by atoms with van der Waals surface area (Å²) in [5, 5.41) is 11.5. The van der Waals surface area contributed by atoms with Crippen molar-refractivity contribution in [2.45, 2.75) is 31.9 Å². The summed E-state index contributed by atoms with van der Waals surface area (Å²) in [5.41, 5.74) is 2.12. The van der Waals surface area contributed by atoms with Crippen LogP contribution in [0.5, 0.6) is 5.75 Å². The second kappa shape index (κ2) is 7.74. The standard InChI is InChI=1S/C28H25N3O3/c1-5-33-26(32)20(16-29)15-19-14-18-10-6-7-11-21(18)24-25(19)34-28(17-30-24)27(2,3)22-12-8-9-13-23(22)31(28)4/h6-15,17H,5H2,1-4H3/b20-15+. The molecule has 6 nitrogen and oxygen atoms in total. The quantitative estimate of drug-likeness (QED) is 0.297. The van der Waals surface area contributed by atoms with Crippen LogP contribution in [0.25, 0.3) is 16.8 Å². The Bertz CT molecular complexity index is 1430. The molecule has 0 aliphatic carbocycles. The highest BCUT2D eigenvalue weighted by Gasteiger charge is 2.58. The lowest BCUT2D eigenvalue weighted by Gasteiger charge is -2.45. The zero-order valence-corrected chi connectivity index (χ0v) is 19.6. The minimum absolute atomic E-state index is 0.0890. The molecule has 1 spiro atoms. The number of hydrogen-bond donors (Lipinski definition) is 0. The SMILES string of the molecule is CCOC(=O)/C(C#N)=C/c1cc2ccccc2c2c1OC1(C=N2)N(C)c2ccccc2C1(C)C. The van der Waals surface area contributed by atoms with Crippen LogP contribution in [-0.2, 0) is 14.9 Å². The van der Waals surface area contributed by atoms with Gasteiger partial charge in [-0.15, -0.1) is 0 Å².